The molecular formula is C32H30BrCl2N3O5S. The van der Waals surface area contributed by atoms with Crippen molar-refractivity contribution in [1.82, 2.24) is 5.43 Å². The summed E-state index contributed by atoms with van der Waals surface area (Å²) in [5, 5.41) is 4.98. The summed E-state index contributed by atoms with van der Waals surface area (Å²) in [7, 11) is -2.01. The van der Waals surface area contributed by atoms with E-state index < -0.39 is 15.9 Å². The number of nitrogens with one attached hydrogen (secondary N) is 1. The fourth-order valence-electron chi connectivity index (χ4n) is 4.18. The van der Waals surface area contributed by atoms with E-state index in [9.17, 15) is 13.2 Å². The number of methoxy groups -OCH3 is 1. The highest BCUT2D eigenvalue weighted by Gasteiger charge is 2.19. The maximum Gasteiger partial charge on any atom is 0.271 e. The Kier molecular flexibility index (Phi) is 11.0. The van der Waals surface area contributed by atoms with E-state index in [4.69, 9.17) is 32.7 Å². The smallest absolute Gasteiger partial charge is 0.271 e. The molecule has 0 aliphatic heterocycles. The predicted molar refractivity (Wildman–Crippen MR) is 180 cm³/mol. The standard InChI is InChI=1S/C32H30BrCl2N3O5S/c1-20-5-11-26(13-21(20)2)38(44(4,40)41)18-22-6-9-25(10-7-22)32(39)37-36-17-24-14-27(33)31(30(16-24)42-3)43-19-23-8-12-28(34)29(35)15-23/h5-17H,18-19H2,1-4H3,(H,37,39)/b36-17-. The number of carbonyl (C=O) groups is 1. The molecule has 0 saturated heterocycles. The van der Waals surface area contributed by atoms with Gasteiger partial charge in [-0.1, -0.05) is 47.5 Å². The molecule has 0 unspecified atom stereocenters. The second kappa shape index (κ2) is 14.5. The average molecular weight is 719 g/mol. The molecule has 0 radical (unpaired) electrons. The van der Waals surface area contributed by atoms with E-state index in [0.717, 1.165) is 22.3 Å². The fourth-order valence-corrected chi connectivity index (χ4v) is 5.95. The van der Waals surface area contributed by atoms with Crippen molar-refractivity contribution in [3.8, 4) is 11.5 Å². The van der Waals surface area contributed by atoms with Crippen molar-refractivity contribution >= 4 is 67.0 Å². The van der Waals surface area contributed by atoms with Gasteiger partial charge in [-0.25, -0.2) is 13.8 Å². The molecule has 44 heavy (non-hydrogen) atoms. The van der Waals surface area contributed by atoms with Gasteiger partial charge >= 0.3 is 0 Å². The summed E-state index contributed by atoms with van der Waals surface area (Å²) in [6.45, 7) is 4.29. The van der Waals surface area contributed by atoms with Gasteiger partial charge in [-0.2, -0.15) is 5.10 Å². The van der Waals surface area contributed by atoms with Crippen LogP contribution in [-0.2, 0) is 23.2 Å². The number of nitrogens with zero attached hydrogens (tertiary/aromatic N) is 2. The Morgan fingerprint density at radius 2 is 1.66 bits per heavy atom. The lowest BCUT2D eigenvalue weighted by atomic mass is 10.1. The van der Waals surface area contributed by atoms with Crippen LogP contribution in [0.3, 0.4) is 0 Å². The molecule has 4 aromatic rings. The molecule has 0 aliphatic rings. The quantitative estimate of drug-likeness (QED) is 0.127. The minimum atomic E-state index is -3.54. The van der Waals surface area contributed by atoms with Gasteiger partial charge in [0.05, 0.1) is 46.3 Å². The van der Waals surface area contributed by atoms with Crippen molar-refractivity contribution < 1.29 is 22.7 Å². The Balaban J connectivity index is 1.40. The number of anilines is 1. The lowest BCUT2D eigenvalue weighted by Gasteiger charge is -2.23. The monoisotopic (exact) mass is 717 g/mol. The van der Waals surface area contributed by atoms with Crippen LogP contribution in [0.15, 0.2) is 82.4 Å². The first kappa shape index (κ1) is 33.3. The van der Waals surface area contributed by atoms with Crippen molar-refractivity contribution in [2.75, 3.05) is 17.7 Å². The number of rotatable bonds is 11. The first-order chi connectivity index (χ1) is 20.8. The van der Waals surface area contributed by atoms with E-state index in [1.807, 2.05) is 32.0 Å². The van der Waals surface area contributed by atoms with E-state index in [2.05, 4.69) is 26.5 Å². The number of sulfonamides is 1. The van der Waals surface area contributed by atoms with Gasteiger partial charge in [-0.05, 0) is 106 Å². The second-order valence-electron chi connectivity index (χ2n) is 10.0. The highest BCUT2D eigenvalue weighted by molar-refractivity contribution is 9.10. The second-order valence-corrected chi connectivity index (χ2v) is 13.6. The van der Waals surface area contributed by atoms with E-state index >= 15 is 0 Å². The zero-order chi connectivity index (χ0) is 32.0. The van der Waals surface area contributed by atoms with Gasteiger partial charge in [0.1, 0.15) is 6.61 Å². The molecule has 1 N–H and O–H groups in total. The molecule has 0 bridgehead atoms. The minimum absolute atomic E-state index is 0.130. The fraction of sp³-hybridized carbons (Fsp3) is 0.188. The maximum atomic E-state index is 12.7. The van der Waals surface area contributed by atoms with Crippen molar-refractivity contribution in [1.29, 1.82) is 0 Å². The summed E-state index contributed by atoms with van der Waals surface area (Å²) in [5.74, 6) is 0.535. The minimum Gasteiger partial charge on any atom is -0.493 e. The van der Waals surface area contributed by atoms with E-state index in [1.165, 1.54) is 23.9 Å². The zero-order valence-electron chi connectivity index (χ0n) is 24.4. The number of aryl methyl sites for hydroxylation is 2. The molecule has 0 saturated carbocycles. The van der Waals surface area contributed by atoms with E-state index in [1.54, 1.807) is 54.6 Å². The molecule has 12 heteroatoms. The predicted octanol–water partition coefficient (Wildman–Crippen LogP) is 7.69. The molecule has 230 valence electrons. The third-order valence-corrected chi connectivity index (χ3v) is 9.19. The number of carbonyl (C=O) groups excluding carboxylic acids is 1. The molecule has 4 rings (SSSR count). The molecule has 8 nitrogen and oxygen atoms in total. The largest absolute Gasteiger partial charge is 0.493 e. The third kappa shape index (κ3) is 8.53. The van der Waals surface area contributed by atoms with Gasteiger partial charge < -0.3 is 9.47 Å². The molecule has 1 amide bonds. The highest BCUT2D eigenvalue weighted by Crippen LogP contribution is 2.37. The molecule has 0 heterocycles. The van der Waals surface area contributed by atoms with Crippen LogP contribution in [0.1, 0.15) is 38.2 Å². The normalized spacial score (nSPS) is 11.4. The maximum absolute atomic E-state index is 12.7. The van der Waals surface area contributed by atoms with Crippen molar-refractivity contribution in [2.45, 2.75) is 27.0 Å². The molecule has 0 atom stereocenters. The van der Waals surface area contributed by atoms with Crippen molar-refractivity contribution in [3.05, 3.63) is 121 Å². The molecule has 4 aromatic carbocycles. The number of hydrogen-bond acceptors (Lipinski definition) is 6. The Morgan fingerprint density at radius 1 is 0.955 bits per heavy atom. The van der Waals surface area contributed by atoms with Crippen molar-refractivity contribution in [2.24, 2.45) is 5.10 Å². The van der Waals surface area contributed by atoms with Gasteiger partial charge in [0.2, 0.25) is 10.0 Å². The van der Waals surface area contributed by atoms with E-state index in [-0.39, 0.29) is 13.2 Å². The van der Waals surface area contributed by atoms with Crippen LogP contribution < -0.4 is 19.2 Å². The summed E-state index contributed by atoms with van der Waals surface area (Å²) >= 11 is 15.6. The first-order valence-corrected chi connectivity index (χ1v) is 16.7. The number of amides is 1. The van der Waals surface area contributed by atoms with Gasteiger partial charge in [0.15, 0.2) is 11.5 Å². The van der Waals surface area contributed by atoms with Crippen molar-refractivity contribution in [3.63, 3.8) is 0 Å². The van der Waals surface area contributed by atoms with Crippen LogP contribution in [-0.4, -0.2) is 33.9 Å². The SMILES string of the molecule is COc1cc(/C=N\NC(=O)c2ccc(CN(c3ccc(C)c(C)c3)S(C)(=O)=O)cc2)cc(Br)c1OCc1ccc(Cl)c(Cl)c1. The highest BCUT2D eigenvalue weighted by atomic mass is 79.9. The van der Waals surface area contributed by atoms with Crippen LogP contribution in [0, 0.1) is 13.8 Å². The number of hydrazone groups is 1. The van der Waals surface area contributed by atoms with Gasteiger partial charge in [-0.3, -0.25) is 9.10 Å². The van der Waals surface area contributed by atoms with Gasteiger partial charge in [-0.15, -0.1) is 0 Å². The zero-order valence-corrected chi connectivity index (χ0v) is 28.3. The summed E-state index contributed by atoms with van der Waals surface area (Å²) in [6, 6.07) is 21.0. The topological polar surface area (TPSA) is 97.3 Å². The number of halogens is 3. The van der Waals surface area contributed by atoms with Gasteiger partial charge in [0, 0.05) is 5.56 Å². The van der Waals surface area contributed by atoms with Crippen LogP contribution >= 0.6 is 39.1 Å². The molecule has 0 spiro atoms. The summed E-state index contributed by atoms with van der Waals surface area (Å²) in [4.78, 5) is 12.7. The number of hydrogen-bond donors (Lipinski definition) is 1. The Bertz CT molecular complexity index is 1820. The first-order valence-electron chi connectivity index (χ1n) is 13.3. The van der Waals surface area contributed by atoms with Crippen LogP contribution in [0.5, 0.6) is 11.5 Å². The number of ether oxygens (including phenoxy) is 2. The van der Waals surface area contributed by atoms with E-state index in [0.29, 0.717) is 42.8 Å². The Hall–Kier alpha value is -3.57. The summed E-state index contributed by atoms with van der Waals surface area (Å²) < 4.78 is 38.5. The number of benzene rings is 4. The molecule has 0 aromatic heterocycles. The lowest BCUT2D eigenvalue weighted by Crippen LogP contribution is -2.29. The third-order valence-electron chi connectivity index (χ3n) is 6.72. The van der Waals surface area contributed by atoms with Crippen LogP contribution in [0.4, 0.5) is 5.69 Å². The van der Waals surface area contributed by atoms with Crippen LogP contribution in [0.25, 0.3) is 0 Å². The molecular weight excluding hydrogens is 689 g/mol. The Morgan fingerprint density at radius 3 is 2.30 bits per heavy atom. The average Bonchev–Trinajstić information content (AvgIpc) is 2.98. The summed E-state index contributed by atoms with van der Waals surface area (Å²) in [6.07, 6.45) is 2.66. The lowest BCUT2D eigenvalue weighted by molar-refractivity contribution is 0.0955. The molecule has 0 aliphatic carbocycles. The van der Waals surface area contributed by atoms with Crippen LogP contribution in [0.2, 0.25) is 10.0 Å². The Labute approximate surface area is 275 Å². The molecule has 0 fully saturated rings. The summed E-state index contributed by atoms with van der Waals surface area (Å²) in [5.41, 5.74) is 7.76. The van der Waals surface area contributed by atoms with Gasteiger partial charge in [0.25, 0.3) is 5.91 Å².